The van der Waals surface area contributed by atoms with E-state index in [-0.39, 0.29) is 28.9 Å². The highest BCUT2D eigenvalue weighted by Gasteiger charge is 2.32. The van der Waals surface area contributed by atoms with Crippen LogP contribution in [0.15, 0.2) is 28.8 Å². The number of hydrogen-bond acceptors (Lipinski definition) is 6. The van der Waals surface area contributed by atoms with Crippen LogP contribution in [0.4, 0.5) is 0 Å². The molecule has 1 saturated heterocycles. The number of hydrogen-bond donors (Lipinski definition) is 1. The fourth-order valence-corrected chi connectivity index (χ4v) is 4.04. The fraction of sp³-hybridized carbons (Fsp3) is 0.308. The average molecular weight is 308 g/mol. The maximum atomic E-state index is 11.5. The molecule has 1 atom stereocenters. The maximum absolute atomic E-state index is 11.5. The molecule has 0 radical (unpaired) electrons. The van der Waals surface area contributed by atoms with Crippen LogP contribution < -0.4 is 0 Å². The third-order valence-corrected chi connectivity index (χ3v) is 5.16. The van der Waals surface area contributed by atoms with E-state index in [1.807, 2.05) is 0 Å². The first-order valence-electron chi connectivity index (χ1n) is 6.32. The quantitative estimate of drug-likeness (QED) is 0.910. The minimum absolute atomic E-state index is 0.0289. The van der Waals surface area contributed by atoms with Crippen molar-refractivity contribution in [3.63, 3.8) is 0 Å². The predicted octanol–water partition coefficient (Wildman–Crippen LogP) is 1.34. The molecule has 1 fully saturated rings. The Bertz CT molecular complexity index is 796. The summed E-state index contributed by atoms with van der Waals surface area (Å²) in [5.74, 6) is -0.588. The molecule has 1 aromatic heterocycles. The summed E-state index contributed by atoms with van der Waals surface area (Å²) in [7, 11) is -3.02. The summed E-state index contributed by atoms with van der Waals surface area (Å²) < 4.78 is 28.0. The van der Waals surface area contributed by atoms with E-state index in [1.165, 1.54) is 12.1 Å². The van der Waals surface area contributed by atoms with Crippen molar-refractivity contribution >= 4 is 15.8 Å². The Morgan fingerprint density at radius 2 is 2.19 bits per heavy atom. The van der Waals surface area contributed by atoms with E-state index >= 15 is 0 Å². The molecule has 2 aromatic rings. The molecule has 0 aliphatic carbocycles. The SMILES string of the molecule is O=C(O)c1cccc(-c2nc(C3CCS(=O)(=O)C3)no2)c1. The molecule has 3 rings (SSSR count). The number of rotatable bonds is 3. The minimum Gasteiger partial charge on any atom is -0.478 e. The predicted molar refractivity (Wildman–Crippen MR) is 72.7 cm³/mol. The van der Waals surface area contributed by atoms with Gasteiger partial charge in [-0.25, -0.2) is 13.2 Å². The number of nitrogens with zero attached hydrogens (tertiary/aromatic N) is 2. The third kappa shape index (κ3) is 2.80. The largest absolute Gasteiger partial charge is 0.478 e. The van der Waals surface area contributed by atoms with Crippen molar-refractivity contribution in [1.29, 1.82) is 0 Å². The summed E-state index contributed by atoms with van der Waals surface area (Å²) >= 11 is 0. The summed E-state index contributed by atoms with van der Waals surface area (Å²) in [6, 6.07) is 6.15. The van der Waals surface area contributed by atoms with Gasteiger partial charge in [0.05, 0.1) is 17.1 Å². The lowest BCUT2D eigenvalue weighted by molar-refractivity contribution is 0.0697. The number of carboxylic acid groups (broad SMARTS) is 1. The van der Waals surface area contributed by atoms with Gasteiger partial charge in [0, 0.05) is 11.5 Å². The van der Waals surface area contributed by atoms with Crippen LogP contribution in [0.5, 0.6) is 0 Å². The topological polar surface area (TPSA) is 110 Å². The Morgan fingerprint density at radius 3 is 2.86 bits per heavy atom. The molecular weight excluding hydrogens is 296 g/mol. The Labute approximate surface area is 120 Å². The first kappa shape index (κ1) is 13.7. The molecule has 8 heteroatoms. The summed E-state index contributed by atoms with van der Waals surface area (Å²) in [6.07, 6.45) is 0.483. The highest BCUT2D eigenvalue weighted by Crippen LogP contribution is 2.28. The molecule has 1 N–H and O–H groups in total. The molecule has 1 aliphatic heterocycles. The third-order valence-electron chi connectivity index (χ3n) is 3.40. The number of sulfone groups is 1. The van der Waals surface area contributed by atoms with Gasteiger partial charge in [-0.15, -0.1) is 0 Å². The second-order valence-corrected chi connectivity index (χ2v) is 7.17. The van der Waals surface area contributed by atoms with Crippen LogP contribution >= 0.6 is 0 Å². The van der Waals surface area contributed by atoms with E-state index in [1.54, 1.807) is 12.1 Å². The standard InChI is InChI=1S/C13H12N2O5S/c16-13(17)9-3-1-2-8(6-9)12-14-11(15-20-12)10-4-5-21(18,19)7-10/h1-3,6,10H,4-5,7H2,(H,16,17). The van der Waals surface area contributed by atoms with Crippen LogP contribution in [0.25, 0.3) is 11.5 Å². The molecule has 1 aromatic carbocycles. The van der Waals surface area contributed by atoms with Crippen LogP contribution in [-0.2, 0) is 9.84 Å². The Morgan fingerprint density at radius 1 is 1.38 bits per heavy atom. The molecule has 1 unspecified atom stereocenters. The van der Waals surface area contributed by atoms with Crippen molar-refractivity contribution in [3.8, 4) is 11.5 Å². The monoisotopic (exact) mass is 308 g/mol. The van der Waals surface area contributed by atoms with Gasteiger partial charge in [-0.2, -0.15) is 4.98 Å². The van der Waals surface area contributed by atoms with Gasteiger partial charge in [-0.05, 0) is 24.6 Å². The van der Waals surface area contributed by atoms with Gasteiger partial charge in [0.25, 0.3) is 5.89 Å². The summed E-state index contributed by atoms with van der Waals surface area (Å²) in [5, 5.41) is 12.8. The van der Waals surface area contributed by atoms with Crippen LogP contribution in [0.1, 0.15) is 28.5 Å². The molecule has 0 saturated carbocycles. The Hall–Kier alpha value is -2.22. The lowest BCUT2D eigenvalue weighted by Gasteiger charge is -1.99. The average Bonchev–Trinajstić information content (AvgIpc) is 3.05. The highest BCUT2D eigenvalue weighted by atomic mass is 32.2. The summed E-state index contributed by atoms with van der Waals surface area (Å²) in [6.45, 7) is 0. The fourth-order valence-electron chi connectivity index (χ4n) is 2.30. The zero-order valence-electron chi connectivity index (χ0n) is 10.9. The van der Waals surface area contributed by atoms with Crippen LogP contribution in [0.3, 0.4) is 0 Å². The van der Waals surface area contributed by atoms with Gasteiger partial charge in [0.1, 0.15) is 0 Å². The first-order chi connectivity index (χ1) is 9.94. The van der Waals surface area contributed by atoms with Gasteiger partial charge < -0.3 is 9.63 Å². The van der Waals surface area contributed by atoms with Crippen molar-refractivity contribution in [2.75, 3.05) is 11.5 Å². The Balaban J connectivity index is 1.89. The lowest BCUT2D eigenvalue weighted by atomic mass is 10.1. The van der Waals surface area contributed by atoms with E-state index in [0.29, 0.717) is 17.8 Å². The van der Waals surface area contributed by atoms with E-state index in [2.05, 4.69) is 10.1 Å². The van der Waals surface area contributed by atoms with E-state index in [9.17, 15) is 13.2 Å². The van der Waals surface area contributed by atoms with Crippen molar-refractivity contribution in [2.24, 2.45) is 0 Å². The van der Waals surface area contributed by atoms with E-state index in [4.69, 9.17) is 9.63 Å². The van der Waals surface area contributed by atoms with Crippen molar-refractivity contribution in [1.82, 2.24) is 10.1 Å². The molecular formula is C13H12N2O5S. The molecule has 1 aliphatic rings. The van der Waals surface area contributed by atoms with Crippen molar-refractivity contribution in [3.05, 3.63) is 35.7 Å². The Kier molecular flexibility index (Phi) is 3.25. The molecule has 21 heavy (non-hydrogen) atoms. The highest BCUT2D eigenvalue weighted by molar-refractivity contribution is 7.91. The summed E-state index contributed by atoms with van der Waals surface area (Å²) in [4.78, 5) is 15.1. The molecule has 2 heterocycles. The van der Waals surface area contributed by atoms with Crippen LogP contribution in [0.2, 0.25) is 0 Å². The van der Waals surface area contributed by atoms with Crippen molar-refractivity contribution < 1.29 is 22.8 Å². The molecule has 7 nitrogen and oxygen atoms in total. The first-order valence-corrected chi connectivity index (χ1v) is 8.14. The zero-order valence-corrected chi connectivity index (χ0v) is 11.7. The number of aromatic nitrogens is 2. The maximum Gasteiger partial charge on any atom is 0.335 e. The van der Waals surface area contributed by atoms with Crippen LogP contribution in [-0.4, -0.2) is 41.1 Å². The van der Waals surface area contributed by atoms with E-state index < -0.39 is 15.8 Å². The molecule has 0 bridgehead atoms. The lowest BCUT2D eigenvalue weighted by Crippen LogP contribution is -2.05. The van der Waals surface area contributed by atoms with Gasteiger partial charge in [-0.3, -0.25) is 0 Å². The summed E-state index contributed by atoms with van der Waals surface area (Å²) in [5.41, 5.74) is 0.616. The normalized spacial score (nSPS) is 20.5. The molecule has 110 valence electrons. The number of benzene rings is 1. The zero-order chi connectivity index (χ0) is 15.0. The number of aromatic carboxylic acids is 1. The van der Waals surface area contributed by atoms with Gasteiger partial charge in [0.15, 0.2) is 15.7 Å². The number of carbonyl (C=O) groups is 1. The second kappa shape index (κ2) is 4.96. The van der Waals surface area contributed by atoms with Crippen LogP contribution in [0, 0.1) is 0 Å². The van der Waals surface area contributed by atoms with Crippen molar-refractivity contribution in [2.45, 2.75) is 12.3 Å². The smallest absolute Gasteiger partial charge is 0.335 e. The van der Waals surface area contributed by atoms with Gasteiger partial charge in [-0.1, -0.05) is 11.2 Å². The number of carboxylic acids is 1. The molecule has 0 spiro atoms. The second-order valence-electron chi connectivity index (χ2n) is 4.94. The van der Waals surface area contributed by atoms with Gasteiger partial charge in [0.2, 0.25) is 0 Å². The van der Waals surface area contributed by atoms with Gasteiger partial charge >= 0.3 is 5.97 Å². The van der Waals surface area contributed by atoms with E-state index in [0.717, 1.165) is 0 Å². The minimum atomic E-state index is -3.02. The molecule has 0 amide bonds.